The smallest absolute Gasteiger partial charge is 0.222 e. The highest BCUT2D eigenvalue weighted by atomic mass is 32.2. The first-order chi connectivity index (χ1) is 7.65. The minimum Gasteiger partial charge on any atom is -0.341 e. The number of thioether (sulfide) groups is 1. The average Bonchev–Trinajstić information content (AvgIpc) is 2.77. The Kier molecular flexibility index (Phi) is 4.14. The number of hydrogen-bond donors (Lipinski definition) is 1. The highest BCUT2D eigenvalue weighted by Gasteiger charge is 2.25. The molecule has 92 valence electrons. The molecule has 0 aromatic rings. The lowest BCUT2D eigenvalue weighted by Gasteiger charge is -2.24. The third-order valence-corrected chi connectivity index (χ3v) is 4.74. The van der Waals surface area contributed by atoms with Gasteiger partial charge in [0.2, 0.25) is 5.91 Å². The van der Waals surface area contributed by atoms with Gasteiger partial charge in [-0.2, -0.15) is 11.8 Å². The molecule has 0 radical (unpaired) electrons. The van der Waals surface area contributed by atoms with Crippen LogP contribution in [0.1, 0.15) is 33.1 Å². The van der Waals surface area contributed by atoms with E-state index in [2.05, 4.69) is 19.2 Å². The summed E-state index contributed by atoms with van der Waals surface area (Å²) in [5.41, 5.74) is 0. The molecule has 3 unspecified atom stereocenters. The van der Waals surface area contributed by atoms with Gasteiger partial charge in [0.05, 0.1) is 0 Å². The molecule has 3 atom stereocenters. The third kappa shape index (κ3) is 3.14. The fourth-order valence-electron chi connectivity index (χ4n) is 2.62. The average molecular weight is 242 g/mol. The topological polar surface area (TPSA) is 32.3 Å². The Morgan fingerprint density at radius 3 is 3.00 bits per heavy atom. The van der Waals surface area contributed by atoms with Gasteiger partial charge in [0, 0.05) is 42.6 Å². The Bertz CT molecular complexity index is 259. The quantitative estimate of drug-likeness (QED) is 0.810. The van der Waals surface area contributed by atoms with E-state index in [1.165, 1.54) is 12.2 Å². The van der Waals surface area contributed by atoms with E-state index in [9.17, 15) is 4.79 Å². The van der Waals surface area contributed by atoms with Crippen molar-refractivity contribution in [1.82, 2.24) is 10.2 Å². The van der Waals surface area contributed by atoms with Crippen LogP contribution in [-0.4, -0.2) is 47.0 Å². The van der Waals surface area contributed by atoms with Gasteiger partial charge in [-0.15, -0.1) is 0 Å². The molecule has 2 aliphatic heterocycles. The summed E-state index contributed by atoms with van der Waals surface area (Å²) in [6, 6.07) is 1.07. The summed E-state index contributed by atoms with van der Waals surface area (Å²) in [6.07, 6.45) is 3.06. The Morgan fingerprint density at radius 1 is 1.62 bits per heavy atom. The van der Waals surface area contributed by atoms with Gasteiger partial charge in [0.15, 0.2) is 0 Å². The van der Waals surface area contributed by atoms with Gasteiger partial charge in [0.1, 0.15) is 0 Å². The lowest BCUT2D eigenvalue weighted by molar-refractivity contribution is -0.127. The first-order valence-electron chi connectivity index (χ1n) is 6.30. The van der Waals surface area contributed by atoms with Gasteiger partial charge < -0.3 is 10.2 Å². The summed E-state index contributed by atoms with van der Waals surface area (Å²) in [4.78, 5) is 13.5. The SMILES string of the molecule is CC(CN1CCCC1=O)NC1CSC(C)C1. The standard InChI is InChI=1S/C12H22N2OS/c1-9(7-14-5-3-4-12(14)15)13-11-6-10(2)16-8-11/h9-11,13H,3-8H2,1-2H3. The van der Waals surface area contributed by atoms with Crippen molar-refractivity contribution in [3.8, 4) is 0 Å². The van der Waals surface area contributed by atoms with Gasteiger partial charge in [-0.3, -0.25) is 4.79 Å². The zero-order valence-corrected chi connectivity index (χ0v) is 11.1. The van der Waals surface area contributed by atoms with Gasteiger partial charge in [-0.25, -0.2) is 0 Å². The number of nitrogens with zero attached hydrogens (tertiary/aromatic N) is 1. The Hall–Kier alpha value is -0.220. The monoisotopic (exact) mass is 242 g/mol. The molecule has 16 heavy (non-hydrogen) atoms. The predicted molar refractivity (Wildman–Crippen MR) is 68.7 cm³/mol. The van der Waals surface area contributed by atoms with Crippen molar-refractivity contribution >= 4 is 17.7 Å². The normalized spacial score (nSPS) is 32.4. The van der Waals surface area contributed by atoms with Crippen LogP contribution in [0, 0.1) is 0 Å². The maximum Gasteiger partial charge on any atom is 0.222 e. The minimum absolute atomic E-state index is 0.336. The lowest BCUT2D eigenvalue weighted by Crippen LogP contribution is -2.44. The fourth-order valence-corrected chi connectivity index (χ4v) is 3.78. The van der Waals surface area contributed by atoms with Crippen LogP contribution in [0.3, 0.4) is 0 Å². The van der Waals surface area contributed by atoms with Crippen molar-refractivity contribution in [2.75, 3.05) is 18.8 Å². The Balaban J connectivity index is 1.71. The predicted octanol–water partition coefficient (Wildman–Crippen LogP) is 1.48. The second-order valence-electron chi connectivity index (χ2n) is 5.09. The second kappa shape index (κ2) is 5.41. The van der Waals surface area contributed by atoms with Crippen LogP contribution >= 0.6 is 11.8 Å². The van der Waals surface area contributed by atoms with E-state index in [4.69, 9.17) is 0 Å². The molecule has 2 heterocycles. The van der Waals surface area contributed by atoms with Crippen molar-refractivity contribution in [2.24, 2.45) is 0 Å². The van der Waals surface area contributed by atoms with E-state index in [0.717, 1.165) is 31.2 Å². The van der Waals surface area contributed by atoms with Crippen LogP contribution in [0.25, 0.3) is 0 Å². The van der Waals surface area contributed by atoms with Crippen molar-refractivity contribution in [2.45, 2.75) is 50.4 Å². The Morgan fingerprint density at radius 2 is 2.44 bits per heavy atom. The van der Waals surface area contributed by atoms with Crippen LogP contribution in [0.15, 0.2) is 0 Å². The van der Waals surface area contributed by atoms with Crippen molar-refractivity contribution in [3.05, 3.63) is 0 Å². The molecule has 2 saturated heterocycles. The van der Waals surface area contributed by atoms with E-state index >= 15 is 0 Å². The van der Waals surface area contributed by atoms with E-state index in [1.54, 1.807) is 0 Å². The number of hydrogen-bond acceptors (Lipinski definition) is 3. The number of amides is 1. The summed E-state index contributed by atoms with van der Waals surface area (Å²) in [5, 5.41) is 4.43. The highest BCUT2D eigenvalue weighted by Crippen LogP contribution is 2.26. The van der Waals surface area contributed by atoms with Crippen molar-refractivity contribution in [3.63, 3.8) is 0 Å². The summed E-state index contributed by atoms with van der Waals surface area (Å²) < 4.78 is 0. The summed E-state index contributed by atoms with van der Waals surface area (Å²) in [7, 11) is 0. The molecule has 2 rings (SSSR count). The molecule has 1 N–H and O–H groups in total. The van der Waals surface area contributed by atoms with Crippen LogP contribution in [0.4, 0.5) is 0 Å². The van der Waals surface area contributed by atoms with Gasteiger partial charge in [-0.05, 0) is 19.8 Å². The number of rotatable bonds is 4. The molecule has 4 heteroatoms. The van der Waals surface area contributed by atoms with Gasteiger partial charge in [0.25, 0.3) is 0 Å². The van der Waals surface area contributed by atoms with Crippen LogP contribution < -0.4 is 5.32 Å². The zero-order valence-electron chi connectivity index (χ0n) is 10.2. The molecule has 2 fully saturated rings. The molecular weight excluding hydrogens is 220 g/mol. The first kappa shape index (κ1) is 12.2. The molecule has 2 aliphatic rings. The minimum atomic E-state index is 0.336. The largest absolute Gasteiger partial charge is 0.341 e. The van der Waals surface area contributed by atoms with Crippen LogP contribution in [0.5, 0.6) is 0 Å². The Labute approximate surface area is 102 Å². The molecular formula is C12H22N2OS. The molecule has 0 aliphatic carbocycles. The first-order valence-corrected chi connectivity index (χ1v) is 7.35. The van der Waals surface area contributed by atoms with Gasteiger partial charge in [-0.1, -0.05) is 6.92 Å². The number of nitrogens with one attached hydrogen (secondary N) is 1. The molecule has 3 nitrogen and oxygen atoms in total. The maximum atomic E-state index is 11.5. The summed E-state index contributed by atoms with van der Waals surface area (Å²) >= 11 is 2.05. The van der Waals surface area contributed by atoms with Crippen molar-refractivity contribution < 1.29 is 4.79 Å². The number of likely N-dealkylation sites (tertiary alicyclic amines) is 1. The molecule has 0 bridgehead atoms. The van der Waals surface area contributed by atoms with Crippen LogP contribution in [-0.2, 0) is 4.79 Å². The third-order valence-electron chi connectivity index (χ3n) is 3.38. The zero-order chi connectivity index (χ0) is 11.5. The van der Waals surface area contributed by atoms with E-state index < -0.39 is 0 Å². The lowest BCUT2D eigenvalue weighted by atomic mass is 10.1. The summed E-state index contributed by atoms with van der Waals surface area (Å²) in [6.45, 7) is 6.33. The molecule has 1 amide bonds. The van der Waals surface area contributed by atoms with Crippen LogP contribution in [0.2, 0.25) is 0 Å². The molecule has 0 aromatic carbocycles. The highest BCUT2D eigenvalue weighted by molar-refractivity contribution is 8.00. The van der Waals surface area contributed by atoms with E-state index in [1.807, 2.05) is 16.7 Å². The van der Waals surface area contributed by atoms with E-state index in [-0.39, 0.29) is 0 Å². The number of carbonyl (C=O) groups excluding carboxylic acids is 1. The molecule has 0 spiro atoms. The van der Waals surface area contributed by atoms with Gasteiger partial charge >= 0.3 is 0 Å². The number of carbonyl (C=O) groups is 1. The molecule has 0 aromatic heterocycles. The van der Waals surface area contributed by atoms with Crippen molar-refractivity contribution in [1.29, 1.82) is 0 Å². The fraction of sp³-hybridized carbons (Fsp3) is 0.917. The summed E-state index contributed by atoms with van der Waals surface area (Å²) in [5.74, 6) is 1.56. The second-order valence-corrected chi connectivity index (χ2v) is 6.56. The van der Waals surface area contributed by atoms with E-state index in [0.29, 0.717) is 18.0 Å². The maximum absolute atomic E-state index is 11.5. The molecule has 0 saturated carbocycles.